The van der Waals surface area contributed by atoms with Gasteiger partial charge < -0.3 is 11.1 Å². The topological polar surface area (TPSA) is 68.0 Å². The average Bonchev–Trinajstić information content (AvgIpc) is 2.97. The van der Waals surface area contributed by atoms with E-state index in [1.807, 2.05) is 5.38 Å². The number of nitrogens with one attached hydrogen (secondary N) is 1. The summed E-state index contributed by atoms with van der Waals surface area (Å²) < 4.78 is 1.08. The molecule has 0 radical (unpaired) electrons. The second kappa shape index (κ2) is 8.43. The van der Waals surface area contributed by atoms with Crippen molar-refractivity contribution in [2.24, 2.45) is 5.73 Å². The van der Waals surface area contributed by atoms with Gasteiger partial charge in [0.25, 0.3) is 5.91 Å². The first-order chi connectivity index (χ1) is 11.1. The quantitative estimate of drug-likeness (QED) is 0.734. The van der Waals surface area contributed by atoms with Crippen molar-refractivity contribution in [3.8, 4) is 0 Å². The SMILES string of the molecule is Cl.NCCc1nc(C(=O)NCC2(c3ccc(Br)cc3)CCC2)cs1. The van der Waals surface area contributed by atoms with E-state index in [1.54, 1.807) is 0 Å². The third-order valence-electron chi connectivity index (χ3n) is 4.50. The Balaban J connectivity index is 0.00000208. The molecule has 4 nitrogen and oxygen atoms in total. The molecule has 3 N–H and O–H groups in total. The molecule has 0 aliphatic heterocycles. The van der Waals surface area contributed by atoms with E-state index in [9.17, 15) is 4.79 Å². The fourth-order valence-corrected chi connectivity index (χ4v) is 4.03. The van der Waals surface area contributed by atoms with Crippen molar-refractivity contribution >= 4 is 45.6 Å². The number of benzene rings is 1. The summed E-state index contributed by atoms with van der Waals surface area (Å²) in [6.45, 7) is 1.22. The normalized spacial score (nSPS) is 15.2. The third-order valence-corrected chi connectivity index (χ3v) is 5.93. The lowest BCUT2D eigenvalue weighted by Gasteiger charge is -2.42. The molecule has 0 unspecified atom stereocenters. The number of carbonyl (C=O) groups excluding carboxylic acids is 1. The van der Waals surface area contributed by atoms with Crippen LogP contribution in [0, 0.1) is 0 Å². The zero-order valence-electron chi connectivity index (χ0n) is 13.3. The van der Waals surface area contributed by atoms with Gasteiger partial charge in [0.05, 0.1) is 5.01 Å². The van der Waals surface area contributed by atoms with E-state index in [2.05, 4.69) is 50.5 Å². The summed E-state index contributed by atoms with van der Waals surface area (Å²) in [6.07, 6.45) is 4.17. The first kappa shape index (κ1) is 19.4. The highest BCUT2D eigenvalue weighted by Gasteiger charge is 2.38. The molecule has 130 valence electrons. The molecule has 1 aliphatic carbocycles. The van der Waals surface area contributed by atoms with Gasteiger partial charge in [-0.05, 0) is 37.1 Å². The fraction of sp³-hybridized carbons (Fsp3) is 0.412. The molecule has 24 heavy (non-hydrogen) atoms. The van der Waals surface area contributed by atoms with Gasteiger partial charge in [0, 0.05) is 28.2 Å². The Morgan fingerprint density at radius 1 is 1.33 bits per heavy atom. The van der Waals surface area contributed by atoms with E-state index in [1.165, 1.54) is 23.3 Å². The summed E-state index contributed by atoms with van der Waals surface area (Å²) in [5.41, 5.74) is 7.40. The molecule has 1 fully saturated rings. The van der Waals surface area contributed by atoms with Gasteiger partial charge in [-0.15, -0.1) is 23.7 Å². The monoisotopic (exact) mass is 429 g/mol. The van der Waals surface area contributed by atoms with Crippen LogP contribution in [0.4, 0.5) is 0 Å². The van der Waals surface area contributed by atoms with Crippen molar-refractivity contribution < 1.29 is 4.79 Å². The molecule has 0 atom stereocenters. The van der Waals surface area contributed by atoms with Gasteiger partial charge >= 0.3 is 0 Å². The van der Waals surface area contributed by atoms with Crippen LogP contribution in [-0.4, -0.2) is 24.0 Å². The van der Waals surface area contributed by atoms with Gasteiger partial charge in [-0.1, -0.05) is 34.5 Å². The molecule has 0 spiro atoms. The molecule has 1 aliphatic rings. The lowest BCUT2D eigenvalue weighted by Crippen LogP contribution is -2.45. The third kappa shape index (κ3) is 4.17. The minimum Gasteiger partial charge on any atom is -0.350 e. The Kier molecular flexibility index (Phi) is 6.80. The van der Waals surface area contributed by atoms with Crippen molar-refractivity contribution in [2.45, 2.75) is 31.1 Å². The van der Waals surface area contributed by atoms with Crippen LogP contribution in [-0.2, 0) is 11.8 Å². The van der Waals surface area contributed by atoms with Gasteiger partial charge in [-0.25, -0.2) is 4.98 Å². The number of hydrogen-bond acceptors (Lipinski definition) is 4. The summed E-state index contributed by atoms with van der Waals surface area (Å²) in [4.78, 5) is 16.7. The van der Waals surface area contributed by atoms with E-state index < -0.39 is 0 Å². The number of rotatable bonds is 6. The van der Waals surface area contributed by atoms with Crippen LogP contribution in [0.15, 0.2) is 34.1 Å². The largest absolute Gasteiger partial charge is 0.350 e. The molecule has 1 aromatic carbocycles. The molecule has 1 heterocycles. The van der Waals surface area contributed by atoms with Crippen molar-refractivity contribution in [2.75, 3.05) is 13.1 Å². The molecule has 1 saturated carbocycles. The second-order valence-electron chi connectivity index (χ2n) is 5.99. The summed E-state index contributed by atoms with van der Waals surface area (Å²) in [5.74, 6) is -0.0899. The predicted octanol–water partition coefficient (Wildman–Crippen LogP) is 3.68. The smallest absolute Gasteiger partial charge is 0.270 e. The Bertz CT molecular complexity index is 685. The highest BCUT2D eigenvalue weighted by Crippen LogP contribution is 2.43. The average molecular weight is 431 g/mol. The molecule has 1 amide bonds. The van der Waals surface area contributed by atoms with Crippen LogP contribution in [0.2, 0.25) is 0 Å². The van der Waals surface area contributed by atoms with E-state index in [0.29, 0.717) is 18.8 Å². The molecule has 1 aromatic heterocycles. The van der Waals surface area contributed by atoms with E-state index in [0.717, 1.165) is 28.7 Å². The lowest BCUT2D eigenvalue weighted by molar-refractivity contribution is 0.0923. The van der Waals surface area contributed by atoms with Gasteiger partial charge in [0.2, 0.25) is 0 Å². The van der Waals surface area contributed by atoms with Crippen molar-refractivity contribution in [1.82, 2.24) is 10.3 Å². The standard InChI is InChI=1S/C17H20BrN3OS.ClH/c18-13-4-2-12(3-5-13)17(7-1-8-17)11-20-16(22)14-10-23-15(21-14)6-9-19;/h2-5,10H,1,6-9,11,19H2,(H,20,22);1H. The number of nitrogens with two attached hydrogens (primary N) is 1. The van der Waals surface area contributed by atoms with Gasteiger partial charge in [0.15, 0.2) is 0 Å². The van der Waals surface area contributed by atoms with Crippen LogP contribution < -0.4 is 11.1 Å². The highest BCUT2D eigenvalue weighted by atomic mass is 79.9. The minimum atomic E-state index is -0.0899. The first-order valence-electron chi connectivity index (χ1n) is 7.82. The summed E-state index contributed by atoms with van der Waals surface area (Å²) in [5, 5.41) is 5.81. The Morgan fingerprint density at radius 3 is 2.62 bits per heavy atom. The van der Waals surface area contributed by atoms with Gasteiger partial charge in [-0.2, -0.15) is 0 Å². The predicted molar refractivity (Wildman–Crippen MR) is 104 cm³/mol. The molecule has 2 aromatic rings. The van der Waals surface area contributed by atoms with Crippen molar-refractivity contribution in [3.63, 3.8) is 0 Å². The highest BCUT2D eigenvalue weighted by molar-refractivity contribution is 9.10. The molecule has 7 heteroatoms. The molecular formula is C17H21BrClN3OS. The number of nitrogens with zero attached hydrogens (tertiary/aromatic N) is 1. The maximum Gasteiger partial charge on any atom is 0.270 e. The molecule has 0 bridgehead atoms. The second-order valence-corrected chi connectivity index (χ2v) is 7.85. The number of aromatic nitrogens is 1. The van der Waals surface area contributed by atoms with Crippen LogP contribution in [0.1, 0.15) is 40.3 Å². The number of carbonyl (C=O) groups is 1. The zero-order chi connectivity index (χ0) is 16.3. The zero-order valence-corrected chi connectivity index (χ0v) is 16.5. The lowest BCUT2D eigenvalue weighted by atomic mass is 9.64. The van der Waals surface area contributed by atoms with Gasteiger partial charge in [0.1, 0.15) is 5.69 Å². The number of amides is 1. The van der Waals surface area contributed by atoms with Gasteiger partial charge in [-0.3, -0.25) is 4.79 Å². The van der Waals surface area contributed by atoms with E-state index in [-0.39, 0.29) is 23.7 Å². The first-order valence-corrected chi connectivity index (χ1v) is 9.49. The van der Waals surface area contributed by atoms with Crippen LogP contribution >= 0.6 is 39.7 Å². The van der Waals surface area contributed by atoms with E-state index in [4.69, 9.17) is 5.73 Å². The Labute approximate surface area is 160 Å². The Hall–Kier alpha value is -0.950. The minimum absolute atomic E-state index is 0. The molecular weight excluding hydrogens is 410 g/mol. The molecule has 0 saturated heterocycles. The maximum atomic E-state index is 12.3. The van der Waals surface area contributed by atoms with Crippen molar-refractivity contribution in [3.05, 3.63) is 50.4 Å². The fourth-order valence-electron chi connectivity index (χ4n) is 2.97. The summed E-state index contributed by atoms with van der Waals surface area (Å²) in [7, 11) is 0. The van der Waals surface area contributed by atoms with Crippen LogP contribution in [0.25, 0.3) is 0 Å². The summed E-state index contributed by atoms with van der Waals surface area (Å²) >= 11 is 4.97. The maximum absolute atomic E-state index is 12.3. The van der Waals surface area contributed by atoms with Crippen LogP contribution in [0.3, 0.4) is 0 Å². The Morgan fingerprint density at radius 2 is 2.04 bits per heavy atom. The van der Waals surface area contributed by atoms with E-state index >= 15 is 0 Å². The number of thiazole rings is 1. The number of hydrogen-bond donors (Lipinski definition) is 2. The van der Waals surface area contributed by atoms with Crippen molar-refractivity contribution in [1.29, 1.82) is 0 Å². The summed E-state index contributed by atoms with van der Waals surface area (Å²) in [6, 6.07) is 8.43. The van der Waals surface area contributed by atoms with Crippen LogP contribution in [0.5, 0.6) is 0 Å². The number of halogens is 2. The molecule has 3 rings (SSSR count).